The molecule has 0 fully saturated rings. The molecule has 1 N–H and O–H groups in total. The molecule has 2 amide bonds. The normalized spacial score (nSPS) is 14.1. The number of benzene rings is 2. The number of nitrogens with zero attached hydrogens (tertiary/aromatic N) is 1. The van der Waals surface area contributed by atoms with Gasteiger partial charge in [-0.2, -0.15) is 0 Å². The molecule has 10 heteroatoms. The zero-order chi connectivity index (χ0) is 23.6. The highest BCUT2D eigenvalue weighted by Gasteiger charge is 2.40. The predicted octanol–water partition coefficient (Wildman–Crippen LogP) is 4.58. The van der Waals surface area contributed by atoms with Crippen molar-refractivity contribution in [3.8, 4) is 11.5 Å². The van der Waals surface area contributed by atoms with Crippen LogP contribution in [0.2, 0.25) is 0 Å². The van der Waals surface area contributed by atoms with Crippen LogP contribution in [0.15, 0.2) is 77.0 Å². The van der Waals surface area contributed by atoms with E-state index in [4.69, 9.17) is 9.15 Å². The first-order valence-electron chi connectivity index (χ1n) is 9.65. The summed E-state index contributed by atoms with van der Waals surface area (Å²) in [7, 11) is 1.49. The predicted molar refractivity (Wildman–Crippen MR) is 111 cm³/mol. The lowest BCUT2D eigenvalue weighted by molar-refractivity contribution is -0.274. The van der Waals surface area contributed by atoms with Gasteiger partial charge in [0, 0.05) is 11.8 Å². The highest BCUT2D eigenvalue weighted by Crippen LogP contribution is 2.33. The Morgan fingerprint density at radius 1 is 0.970 bits per heavy atom. The van der Waals surface area contributed by atoms with E-state index < -0.39 is 23.9 Å². The van der Waals surface area contributed by atoms with E-state index in [0.29, 0.717) is 17.1 Å². The number of carbonyl (C=O) groups is 2. The Bertz CT molecular complexity index is 1200. The molecule has 170 valence electrons. The SMILES string of the molecule is COc1ccc(C2=C(Nc3cccc(OC(F)(F)F)c3)C(=O)N(Cc3ccco3)C2=O)cc1. The van der Waals surface area contributed by atoms with Gasteiger partial charge in [0.1, 0.15) is 23.0 Å². The molecule has 3 aromatic rings. The lowest BCUT2D eigenvalue weighted by Gasteiger charge is -2.14. The Balaban J connectivity index is 1.71. The molecular weight excluding hydrogens is 441 g/mol. The summed E-state index contributed by atoms with van der Waals surface area (Å²) in [6.45, 7) is -0.104. The molecule has 0 radical (unpaired) electrons. The van der Waals surface area contributed by atoms with Crippen LogP contribution in [0, 0.1) is 0 Å². The van der Waals surface area contributed by atoms with Crippen molar-refractivity contribution in [1.29, 1.82) is 0 Å². The number of carbonyl (C=O) groups excluding carboxylic acids is 2. The van der Waals surface area contributed by atoms with Crippen LogP contribution in [-0.4, -0.2) is 30.2 Å². The number of ether oxygens (including phenoxy) is 2. The van der Waals surface area contributed by atoms with E-state index in [1.54, 1.807) is 36.4 Å². The van der Waals surface area contributed by atoms with Crippen molar-refractivity contribution in [2.24, 2.45) is 0 Å². The lowest BCUT2D eigenvalue weighted by Crippen LogP contribution is -2.31. The zero-order valence-electron chi connectivity index (χ0n) is 17.2. The summed E-state index contributed by atoms with van der Waals surface area (Å²) in [5.41, 5.74) is 0.553. The first-order valence-corrected chi connectivity index (χ1v) is 9.65. The Morgan fingerprint density at radius 2 is 1.73 bits per heavy atom. The maximum atomic E-state index is 13.2. The van der Waals surface area contributed by atoms with Gasteiger partial charge in [-0.05, 0) is 42.0 Å². The lowest BCUT2D eigenvalue weighted by atomic mass is 10.0. The molecule has 0 atom stereocenters. The van der Waals surface area contributed by atoms with Gasteiger partial charge in [-0.25, -0.2) is 0 Å². The van der Waals surface area contributed by atoms with Crippen molar-refractivity contribution in [1.82, 2.24) is 4.90 Å². The molecule has 2 heterocycles. The minimum Gasteiger partial charge on any atom is -0.497 e. The van der Waals surface area contributed by atoms with Crippen LogP contribution in [0.25, 0.3) is 5.57 Å². The fraction of sp³-hybridized carbons (Fsp3) is 0.130. The number of halogens is 3. The van der Waals surface area contributed by atoms with E-state index in [0.717, 1.165) is 17.0 Å². The molecule has 0 unspecified atom stereocenters. The second kappa shape index (κ2) is 8.73. The number of hydrogen-bond acceptors (Lipinski definition) is 6. The molecule has 0 aliphatic carbocycles. The fourth-order valence-electron chi connectivity index (χ4n) is 3.33. The second-order valence-electron chi connectivity index (χ2n) is 6.95. The molecular formula is C23H17F3N2O5. The van der Waals surface area contributed by atoms with E-state index in [1.165, 1.54) is 25.5 Å². The van der Waals surface area contributed by atoms with Gasteiger partial charge in [0.15, 0.2) is 0 Å². The largest absolute Gasteiger partial charge is 0.573 e. The number of imide groups is 1. The molecule has 0 saturated carbocycles. The van der Waals surface area contributed by atoms with Crippen LogP contribution in [0.3, 0.4) is 0 Å². The van der Waals surface area contributed by atoms with Crippen molar-refractivity contribution >= 4 is 23.1 Å². The van der Waals surface area contributed by atoms with Gasteiger partial charge in [0.2, 0.25) is 0 Å². The number of alkyl halides is 3. The van der Waals surface area contributed by atoms with Crippen molar-refractivity contribution in [2.75, 3.05) is 12.4 Å². The Hall–Kier alpha value is -4.21. The third kappa shape index (κ3) is 4.84. The van der Waals surface area contributed by atoms with Crippen LogP contribution in [-0.2, 0) is 16.1 Å². The van der Waals surface area contributed by atoms with Gasteiger partial charge in [-0.1, -0.05) is 18.2 Å². The Kier molecular flexibility index (Phi) is 5.82. The highest BCUT2D eigenvalue weighted by molar-refractivity contribution is 6.36. The van der Waals surface area contributed by atoms with Crippen molar-refractivity contribution in [2.45, 2.75) is 12.9 Å². The first-order chi connectivity index (χ1) is 15.7. The number of furan rings is 1. The van der Waals surface area contributed by atoms with Crippen molar-refractivity contribution in [3.63, 3.8) is 0 Å². The maximum absolute atomic E-state index is 13.2. The molecule has 2 aromatic carbocycles. The summed E-state index contributed by atoms with van der Waals surface area (Å²) < 4.78 is 52.1. The maximum Gasteiger partial charge on any atom is 0.573 e. The minimum atomic E-state index is -4.87. The smallest absolute Gasteiger partial charge is 0.497 e. The molecule has 0 bridgehead atoms. The summed E-state index contributed by atoms with van der Waals surface area (Å²) in [5, 5.41) is 2.79. The summed E-state index contributed by atoms with van der Waals surface area (Å²) in [4.78, 5) is 27.4. The van der Waals surface area contributed by atoms with E-state index in [9.17, 15) is 22.8 Å². The molecule has 7 nitrogen and oxygen atoms in total. The molecule has 33 heavy (non-hydrogen) atoms. The first kappa shape index (κ1) is 22.0. The number of anilines is 1. The third-order valence-corrected chi connectivity index (χ3v) is 4.78. The van der Waals surface area contributed by atoms with Crippen LogP contribution >= 0.6 is 0 Å². The molecule has 4 rings (SSSR count). The molecule has 1 aliphatic rings. The zero-order valence-corrected chi connectivity index (χ0v) is 17.2. The van der Waals surface area contributed by atoms with Gasteiger partial charge in [-0.3, -0.25) is 14.5 Å². The minimum absolute atomic E-state index is 0.0661. The van der Waals surface area contributed by atoms with Gasteiger partial charge in [0.05, 0.1) is 25.5 Å². The third-order valence-electron chi connectivity index (χ3n) is 4.78. The van der Waals surface area contributed by atoms with Gasteiger partial charge in [0.25, 0.3) is 11.8 Å². The summed E-state index contributed by atoms with van der Waals surface area (Å²) in [5.74, 6) is -0.748. The van der Waals surface area contributed by atoms with Crippen molar-refractivity contribution < 1.29 is 36.7 Å². The van der Waals surface area contributed by atoms with Gasteiger partial charge in [-0.15, -0.1) is 13.2 Å². The average molecular weight is 458 g/mol. The summed E-state index contributed by atoms with van der Waals surface area (Å²) in [6.07, 6.45) is -3.45. The van der Waals surface area contributed by atoms with Crippen LogP contribution in [0.4, 0.5) is 18.9 Å². The average Bonchev–Trinajstić information content (AvgIpc) is 3.36. The number of hydrogen-bond donors (Lipinski definition) is 1. The quantitative estimate of drug-likeness (QED) is 0.522. The highest BCUT2D eigenvalue weighted by atomic mass is 19.4. The second-order valence-corrected chi connectivity index (χ2v) is 6.95. The topological polar surface area (TPSA) is 81.0 Å². The van der Waals surface area contributed by atoms with Gasteiger partial charge >= 0.3 is 6.36 Å². The fourth-order valence-corrected chi connectivity index (χ4v) is 3.33. The van der Waals surface area contributed by atoms with Crippen LogP contribution in [0.1, 0.15) is 11.3 Å². The standard InChI is InChI=1S/C23H17F3N2O5/c1-31-16-9-7-14(8-10-16)19-20(22(30)28(21(19)29)13-18-6-3-11-32-18)27-15-4-2-5-17(12-15)33-23(24,25)26/h2-12,27H,13H2,1H3. The summed E-state index contributed by atoms with van der Waals surface area (Å²) >= 11 is 0. The van der Waals surface area contributed by atoms with Crippen molar-refractivity contribution in [3.05, 3.63) is 83.9 Å². The summed E-state index contributed by atoms with van der Waals surface area (Å²) in [6, 6.07) is 14.7. The Labute approximate surface area is 186 Å². The van der Waals surface area contributed by atoms with E-state index in [-0.39, 0.29) is 23.5 Å². The van der Waals surface area contributed by atoms with Crippen LogP contribution < -0.4 is 14.8 Å². The number of methoxy groups -OCH3 is 1. The van der Waals surface area contributed by atoms with E-state index >= 15 is 0 Å². The Morgan fingerprint density at radius 3 is 2.36 bits per heavy atom. The number of rotatable bonds is 7. The van der Waals surface area contributed by atoms with Gasteiger partial charge < -0.3 is 19.2 Å². The number of nitrogens with one attached hydrogen (secondary N) is 1. The number of amides is 2. The van der Waals surface area contributed by atoms with E-state index in [2.05, 4.69) is 10.1 Å². The monoisotopic (exact) mass is 458 g/mol. The van der Waals surface area contributed by atoms with Crippen LogP contribution in [0.5, 0.6) is 11.5 Å². The molecule has 0 spiro atoms. The molecule has 0 saturated heterocycles. The molecule has 1 aliphatic heterocycles. The molecule has 1 aromatic heterocycles. The van der Waals surface area contributed by atoms with E-state index in [1.807, 2.05) is 0 Å².